The van der Waals surface area contributed by atoms with Crippen LogP contribution in [0.1, 0.15) is 11.1 Å². The van der Waals surface area contributed by atoms with E-state index >= 15 is 0 Å². The van der Waals surface area contributed by atoms with Gasteiger partial charge in [-0.05, 0) is 66.2 Å². The monoisotopic (exact) mass is 471 g/mol. The number of nitrogens with one attached hydrogen (secondary N) is 2. The Morgan fingerprint density at radius 1 is 0.938 bits per heavy atom. The normalized spacial score (nSPS) is 10.6. The third kappa shape index (κ3) is 6.73. The van der Waals surface area contributed by atoms with Crippen molar-refractivity contribution in [3.05, 3.63) is 87.9 Å². The van der Waals surface area contributed by atoms with Crippen LogP contribution in [-0.4, -0.2) is 25.1 Å². The molecule has 2 amide bonds. The SMILES string of the molecule is COc1ccc(NC(=O)C(=O)N/N=C\c2ccc(OCc3ccc(Cl)cc3Cl)cc2)cc1. The molecule has 0 aromatic heterocycles. The minimum atomic E-state index is -0.892. The Hall–Kier alpha value is -3.55. The van der Waals surface area contributed by atoms with E-state index in [1.54, 1.807) is 66.7 Å². The van der Waals surface area contributed by atoms with Crippen LogP contribution in [0.15, 0.2) is 71.8 Å². The summed E-state index contributed by atoms with van der Waals surface area (Å²) in [6.07, 6.45) is 1.42. The molecule has 0 saturated heterocycles. The summed E-state index contributed by atoms with van der Waals surface area (Å²) in [5, 5.41) is 7.37. The van der Waals surface area contributed by atoms with Crippen molar-refractivity contribution in [1.82, 2.24) is 5.43 Å². The molecule has 0 spiro atoms. The molecule has 0 atom stereocenters. The van der Waals surface area contributed by atoms with Gasteiger partial charge in [-0.3, -0.25) is 9.59 Å². The molecule has 0 radical (unpaired) electrons. The Kier molecular flexibility index (Phi) is 8.08. The van der Waals surface area contributed by atoms with E-state index in [9.17, 15) is 9.59 Å². The van der Waals surface area contributed by atoms with Gasteiger partial charge in [0.1, 0.15) is 18.1 Å². The molecule has 0 aliphatic carbocycles. The third-order valence-corrected chi connectivity index (χ3v) is 4.81. The zero-order valence-corrected chi connectivity index (χ0v) is 18.5. The van der Waals surface area contributed by atoms with Crippen LogP contribution in [0.3, 0.4) is 0 Å². The lowest BCUT2D eigenvalue weighted by atomic mass is 10.2. The second-order valence-corrected chi connectivity index (χ2v) is 7.32. The standard InChI is InChI=1S/C23H19Cl2N3O4/c1-31-19-10-6-18(7-11-19)27-22(29)23(30)28-26-13-15-2-8-20(9-3-15)32-14-16-4-5-17(24)12-21(16)25/h2-13H,14H2,1H3,(H,27,29)(H,28,30)/b26-13-. The van der Waals surface area contributed by atoms with Crippen LogP contribution in [0, 0.1) is 0 Å². The van der Waals surface area contributed by atoms with Crippen LogP contribution < -0.4 is 20.2 Å². The fraction of sp³-hybridized carbons (Fsp3) is 0.0870. The number of carbonyl (C=O) groups excluding carboxylic acids is 2. The molecular formula is C23H19Cl2N3O4. The summed E-state index contributed by atoms with van der Waals surface area (Å²) in [6, 6.07) is 18.8. The first-order valence-electron chi connectivity index (χ1n) is 9.40. The zero-order chi connectivity index (χ0) is 22.9. The van der Waals surface area contributed by atoms with Crippen LogP contribution >= 0.6 is 23.2 Å². The fourth-order valence-corrected chi connectivity index (χ4v) is 2.99. The van der Waals surface area contributed by atoms with E-state index in [4.69, 9.17) is 32.7 Å². The van der Waals surface area contributed by atoms with Crippen molar-refractivity contribution in [2.75, 3.05) is 12.4 Å². The van der Waals surface area contributed by atoms with Crippen LogP contribution in [0.4, 0.5) is 5.69 Å². The summed E-state index contributed by atoms with van der Waals surface area (Å²) in [5.41, 5.74) is 4.17. The minimum Gasteiger partial charge on any atom is -0.497 e. The Morgan fingerprint density at radius 3 is 2.28 bits per heavy atom. The molecule has 9 heteroatoms. The summed E-state index contributed by atoms with van der Waals surface area (Å²) in [5.74, 6) is -0.452. The maximum Gasteiger partial charge on any atom is 0.329 e. The minimum absolute atomic E-state index is 0.294. The van der Waals surface area contributed by atoms with Gasteiger partial charge in [-0.15, -0.1) is 0 Å². The smallest absolute Gasteiger partial charge is 0.329 e. The molecule has 0 aliphatic heterocycles. The third-order valence-electron chi connectivity index (χ3n) is 4.22. The average Bonchev–Trinajstić information content (AvgIpc) is 2.80. The molecule has 164 valence electrons. The highest BCUT2D eigenvalue weighted by atomic mass is 35.5. The van der Waals surface area contributed by atoms with Crippen LogP contribution in [0.25, 0.3) is 0 Å². The fourth-order valence-electron chi connectivity index (χ4n) is 2.53. The van der Waals surface area contributed by atoms with Gasteiger partial charge in [-0.1, -0.05) is 29.3 Å². The van der Waals surface area contributed by atoms with Crippen LogP contribution in [-0.2, 0) is 16.2 Å². The van der Waals surface area contributed by atoms with Gasteiger partial charge in [0.2, 0.25) is 0 Å². The lowest BCUT2D eigenvalue weighted by Crippen LogP contribution is -2.32. The number of benzene rings is 3. The van der Waals surface area contributed by atoms with Gasteiger partial charge in [-0.2, -0.15) is 5.10 Å². The van der Waals surface area contributed by atoms with Gasteiger partial charge in [-0.25, -0.2) is 5.43 Å². The predicted octanol–water partition coefficient (Wildman–Crippen LogP) is 4.67. The number of rotatable bonds is 7. The second kappa shape index (κ2) is 11.2. The number of hydrogen-bond donors (Lipinski definition) is 2. The highest BCUT2D eigenvalue weighted by Crippen LogP contribution is 2.22. The van der Waals surface area contributed by atoms with Crippen molar-refractivity contribution in [3.8, 4) is 11.5 Å². The van der Waals surface area contributed by atoms with E-state index < -0.39 is 11.8 Å². The number of hydrazone groups is 1. The highest BCUT2D eigenvalue weighted by Gasteiger charge is 2.12. The first kappa shape index (κ1) is 23.1. The molecule has 0 saturated carbocycles. The molecule has 0 unspecified atom stereocenters. The molecular weight excluding hydrogens is 453 g/mol. The number of methoxy groups -OCH3 is 1. The molecule has 7 nitrogen and oxygen atoms in total. The summed E-state index contributed by atoms with van der Waals surface area (Å²) in [7, 11) is 1.54. The Morgan fingerprint density at radius 2 is 1.62 bits per heavy atom. The lowest BCUT2D eigenvalue weighted by molar-refractivity contribution is -0.136. The summed E-state index contributed by atoms with van der Waals surface area (Å²) in [4.78, 5) is 23.8. The van der Waals surface area contributed by atoms with Crippen molar-refractivity contribution in [2.45, 2.75) is 6.61 Å². The van der Waals surface area contributed by atoms with Crippen molar-refractivity contribution >= 4 is 46.9 Å². The van der Waals surface area contributed by atoms with E-state index in [1.165, 1.54) is 13.3 Å². The molecule has 32 heavy (non-hydrogen) atoms. The van der Waals surface area contributed by atoms with E-state index in [0.717, 1.165) is 5.56 Å². The van der Waals surface area contributed by atoms with Crippen LogP contribution in [0.2, 0.25) is 10.0 Å². The van der Waals surface area contributed by atoms with E-state index in [-0.39, 0.29) is 0 Å². The van der Waals surface area contributed by atoms with E-state index in [1.807, 2.05) is 0 Å². The van der Waals surface area contributed by atoms with Crippen molar-refractivity contribution < 1.29 is 19.1 Å². The zero-order valence-electron chi connectivity index (χ0n) is 17.0. The number of nitrogens with zero attached hydrogens (tertiary/aromatic N) is 1. The second-order valence-electron chi connectivity index (χ2n) is 6.48. The molecule has 0 aliphatic rings. The number of anilines is 1. The maximum atomic E-state index is 11.9. The number of carbonyl (C=O) groups is 2. The van der Waals surface area contributed by atoms with Gasteiger partial charge in [0.15, 0.2) is 0 Å². The van der Waals surface area contributed by atoms with Crippen molar-refractivity contribution in [1.29, 1.82) is 0 Å². The predicted molar refractivity (Wildman–Crippen MR) is 125 cm³/mol. The van der Waals surface area contributed by atoms with Gasteiger partial charge >= 0.3 is 11.8 Å². The van der Waals surface area contributed by atoms with Crippen molar-refractivity contribution in [3.63, 3.8) is 0 Å². The molecule has 3 aromatic rings. The largest absolute Gasteiger partial charge is 0.497 e. The molecule has 0 heterocycles. The number of amides is 2. The first-order chi connectivity index (χ1) is 15.4. The Labute approximate surface area is 194 Å². The summed E-state index contributed by atoms with van der Waals surface area (Å²) in [6.45, 7) is 0.294. The lowest BCUT2D eigenvalue weighted by Gasteiger charge is -2.08. The average molecular weight is 472 g/mol. The topological polar surface area (TPSA) is 89.0 Å². The van der Waals surface area contributed by atoms with Gasteiger partial charge < -0.3 is 14.8 Å². The Balaban J connectivity index is 1.47. The first-order valence-corrected chi connectivity index (χ1v) is 10.2. The molecule has 0 bridgehead atoms. The number of ether oxygens (including phenoxy) is 2. The number of hydrogen-bond acceptors (Lipinski definition) is 5. The molecule has 0 fully saturated rings. The molecule has 3 rings (SSSR count). The van der Waals surface area contributed by atoms with Crippen molar-refractivity contribution in [2.24, 2.45) is 5.10 Å². The maximum absolute atomic E-state index is 11.9. The molecule has 3 aromatic carbocycles. The summed E-state index contributed by atoms with van der Waals surface area (Å²) >= 11 is 12.0. The van der Waals surface area contributed by atoms with Crippen LogP contribution in [0.5, 0.6) is 11.5 Å². The van der Waals surface area contributed by atoms with Gasteiger partial charge in [0, 0.05) is 21.3 Å². The van der Waals surface area contributed by atoms with E-state index in [0.29, 0.717) is 39.4 Å². The van der Waals surface area contributed by atoms with E-state index in [2.05, 4.69) is 15.8 Å². The Bertz CT molecular complexity index is 1120. The number of halogens is 2. The van der Waals surface area contributed by atoms with Gasteiger partial charge in [0.05, 0.1) is 13.3 Å². The quantitative estimate of drug-likeness (QED) is 0.297. The summed E-state index contributed by atoms with van der Waals surface area (Å²) < 4.78 is 10.7. The molecule has 2 N–H and O–H groups in total. The van der Waals surface area contributed by atoms with Gasteiger partial charge in [0.25, 0.3) is 0 Å². The highest BCUT2D eigenvalue weighted by molar-refractivity contribution is 6.39.